The third-order valence-electron chi connectivity index (χ3n) is 4.52. The van der Waals surface area contributed by atoms with Gasteiger partial charge in [0.15, 0.2) is 6.61 Å². The lowest BCUT2D eigenvalue weighted by Crippen LogP contribution is -2.43. The highest BCUT2D eigenvalue weighted by molar-refractivity contribution is 6.31. The topological polar surface area (TPSA) is 112 Å². The van der Waals surface area contributed by atoms with Gasteiger partial charge < -0.3 is 9.47 Å². The molecule has 0 saturated carbocycles. The number of aryl methyl sites for hydroxylation is 1. The maximum atomic E-state index is 13.1. The maximum absolute atomic E-state index is 13.1. The summed E-state index contributed by atoms with van der Waals surface area (Å²) in [5.74, 6) is -1.90. The summed E-state index contributed by atoms with van der Waals surface area (Å²) in [7, 11) is 1.50. The Labute approximate surface area is 199 Å². The van der Waals surface area contributed by atoms with Gasteiger partial charge in [0.2, 0.25) is 0 Å². The van der Waals surface area contributed by atoms with Gasteiger partial charge in [0, 0.05) is 17.2 Å². The zero-order valence-electron chi connectivity index (χ0n) is 18.2. The summed E-state index contributed by atoms with van der Waals surface area (Å²) in [6.45, 7) is 1.07. The van der Waals surface area contributed by atoms with E-state index in [4.69, 9.17) is 21.1 Å². The first-order chi connectivity index (χ1) is 16.3. The molecular formula is C23H20ClFN4O5. The lowest BCUT2D eigenvalue weighted by atomic mass is 10.2. The second-order valence-corrected chi connectivity index (χ2v) is 7.21. The van der Waals surface area contributed by atoms with Gasteiger partial charge in [-0.15, -0.1) is 0 Å². The van der Waals surface area contributed by atoms with E-state index in [2.05, 4.69) is 16.0 Å². The molecule has 0 aliphatic carbocycles. The number of benzene rings is 2. The fraction of sp³-hybridized carbons (Fsp3) is 0.130. The number of nitrogens with one attached hydrogen (secondary N) is 2. The number of hydrogen-bond acceptors (Lipinski definition) is 6. The van der Waals surface area contributed by atoms with Crippen molar-refractivity contribution in [3.63, 3.8) is 0 Å². The molecule has 2 N–H and O–H groups in total. The molecule has 0 radical (unpaired) electrons. The van der Waals surface area contributed by atoms with E-state index in [1.807, 2.05) is 0 Å². The van der Waals surface area contributed by atoms with Gasteiger partial charge in [0.05, 0.1) is 18.5 Å². The Hall–Kier alpha value is -4.18. The van der Waals surface area contributed by atoms with Crippen LogP contribution >= 0.6 is 11.6 Å². The van der Waals surface area contributed by atoms with E-state index in [1.165, 1.54) is 54.3 Å². The molecule has 176 valence electrons. The van der Waals surface area contributed by atoms with Crippen LogP contribution in [0.1, 0.15) is 21.6 Å². The van der Waals surface area contributed by atoms with Gasteiger partial charge in [-0.25, -0.2) is 13.9 Å². The third kappa shape index (κ3) is 6.20. The summed E-state index contributed by atoms with van der Waals surface area (Å²) in [6.07, 6.45) is 2.49. The summed E-state index contributed by atoms with van der Waals surface area (Å²) < 4.78 is 24.4. The molecule has 0 saturated heterocycles. The van der Waals surface area contributed by atoms with Crippen LogP contribution in [0.2, 0.25) is 5.15 Å². The number of aromatic nitrogens is 2. The van der Waals surface area contributed by atoms with Crippen LogP contribution in [0.3, 0.4) is 0 Å². The SMILES string of the molecule is COc1ccc(C(=O)NNC(=O)COC(=O)/C=C/c2c(C)nn(-c3ccc(F)cc3)c2Cl)cc1. The quantitative estimate of drug-likeness (QED) is 0.302. The van der Waals surface area contributed by atoms with E-state index in [0.717, 1.165) is 6.08 Å². The normalized spacial score (nSPS) is 10.7. The Morgan fingerprint density at radius 1 is 1.09 bits per heavy atom. The molecular weight excluding hydrogens is 467 g/mol. The first-order valence-electron chi connectivity index (χ1n) is 9.87. The van der Waals surface area contributed by atoms with Gasteiger partial charge in [-0.2, -0.15) is 5.10 Å². The molecule has 0 atom stereocenters. The Bertz CT molecular complexity index is 1220. The molecule has 0 unspecified atom stereocenters. The number of carbonyl (C=O) groups excluding carboxylic acids is 3. The molecule has 34 heavy (non-hydrogen) atoms. The van der Waals surface area contributed by atoms with Gasteiger partial charge >= 0.3 is 5.97 Å². The fourth-order valence-corrected chi connectivity index (χ4v) is 3.10. The highest BCUT2D eigenvalue weighted by Gasteiger charge is 2.14. The van der Waals surface area contributed by atoms with Crippen molar-refractivity contribution in [2.75, 3.05) is 13.7 Å². The highest BCUT2D eigenvalue weighted by Crippen LogP contribution is 2.24. The number of amides is 2. The highest BCUT2D eigenvalue weighted by atomic mass is 35.5. The van der Waals surface area contributed by atoms with Crippen LogP contribution in [-0.4, -0.2) is 41.3 Å². The van der Waals surface area contributed by atoms with Crippen molar-refractivity contribution < 1.29 is 28.2 Å². The minimum Gasteiger partial charge on any atom is -0.497 e. The summed E-state index contributed by atoms with van der Waals surface area (Å²) in [4.78, 5) is 35.8. The smallest absolute Gasteiger partial charge is 0.331 e. The van der Waals surface area contributed by atoms with Crippen LogP contribution in [0.4, 0.5) is 4.39 Å². The first kappa shape index (κ1) is 24.5. The second-order valence-electron chi connectivity index (χ2n) is 6.85. The summed E-state index contributed by atoms with van der Waals surface area (Å²) in [5.41, 5.74) is 6.19. The zero-order valence-corrected chi connectivity index (χ0v) is 18.9. The molecule has 0 fully saturated rings. The van der Waals surface area contributed by atoms with E-state index in [0.29, 0.717) is 28.3 Å². The molecule has 1 heterocycles. The number of methoxy groups -OCH3 is 1. The summed E-state index contributed by atoms with van der Waals surface area (Å²) in [5, 5.41) is 4.50. The number of hydrazine groups is 1. The van der Waals surface area contributed by atoms with Gasteiger partial charge in [-0.3, -0.25) is 20.4 Å². The van der Waals surface area contributed by atoms with Crippen molar-refractivity contribution in [1.82, 2.24) is 20.6 Å². The van der Waals surface area contributed by atoms with E-state index in [1.54, 1.807) is 19.1 Å². The van der Waals surface area contributed by atoms with E-state index < -0.39 is 30.2 Å². The Morgan fingerprint density at radius 2 is 1.76 bits per heavy atom. The van der Waals surface area contributed by atoms with E-state index in [9.17, 15) is 18.8 Å². The number of hydrogen-bond donors (Lipinski definition) is 2. The summed E-state index contributed by atoms with van der Waals surface area (Å²) in [6, 6.07) is 11.8. The molecule has 0 aliphatic rings. The number of nitrogens with zero attached hydrogens (tertiary/aromatic N) is 2. The van der Waals surface area contributed by atoms with Crippen molar-refractivity contribution in [3.05, 3.63) is 82.4 Å². The number of rotatable bonds is 7. The average Bonchev–Trinajstić information content (AvgIpc) is 3.13. The number of esters is 1. The van der Waals surface area contributed by atoms with Gasteiger partial charge in [-0.05, 0) is 61.5 Å². The average molecular weight is 487 g/mol. The Morgan fingerprint density at radius 3 is 2.41 bits per heavy atom. The van der Waals surface area contributed by atoms with Crippen LogP contribution in [0.25, 0.3) is 11.8 Å². The third-order valence-corrected chi connectivity index (χ3v) is 4.88. The molecule has 3 aromatic rings. The van der Waals surface area contributed by atoms with Crippen molar-refractivity contribution in [1.29, 1.82) is 0 Å². The first-order valence-corrected chi connectivity index (χ1v) is 10.3. The van der Waals surface area contributed by atoms with E-state index in [-0.39, 0.29) is 5.15 Å². The largest absolute Gasteiger partial charge is 0.497 e. The predicted octanol–water partition coefficient (Wildman–Crippen LogP) is 3.00. The van der Waals surface area contributed by atoms with E-state index >= 15 is 0 Å². The molecule has 2 amide bonds. The maximum Gasteiger partial charge on any atom is 0.331 e. The van der Waals surface area contributed by atoms with Crippen LogP contribution in [0, 0.1) is 12.7 Å². The molecule has 0 bridgehead atoms. The number of halogens is 2. The summed E-state index contributed by atoms with van der Waals surface area (Å²) >= 11 is 6.35. The lowest BCUT2D eigenvalue weighted by molar-refractivity contribution is -0.144. The fourth-order valence-electron chi connectivity index (χ4n) is 2.77. The minimum absolute atomic E-state index is 0.215. The van der Waals surface area contributed by atoms with Crippen molar-refractivity contribution in [2.45, 2.75) is 6.92 Å². The van der Waals surface area contributed by atoms with Crippen molar-refractivity contribution in [3.8, 4) is 11.4 Å². The minimum atomic E-state index is -0.804. The molecule has 11 heteroatoms. The molecule has 2 aromatic carbocycles. The van der Waals surface area contributed by atoms with Crippen molar-refractivity contribution in [2.24, 2.45) is 0 Å². The molecule has 9 nitrogen and oxygen atoms in total. The van der Waals surface area contributed by atoms with Crippen molar-refractivity contribution >= 4 is 35.5 Å². The molecule has 0 aliphatic heterocycles. The van der Waals surface area contributed by atoms with Crippen LogP contribution in [0.15, 0.2) is 54.6 Å². The van der Waals surface area contributed by atoms with Crippen LogP contribution < -0.4 is 15.6 Å². The monoisotopic (exact) mass is 486 g/mol. The molecule has 1 aromatic heterocycles. The van der Waals surface area contributed by atoms with Gasteiger partial charge in [-0.1, -0.05) is 11.6 Å². The molecule has 0 spiro atoms. The Balaban J connectivity index is 1.50. The molecule has 3 rings (SSSR count). The van der Waals surface area contributed by atoms with Crippen LogP contribution in [-0.2, 0) is 14.3 Å². The standard InChI is InChI=1S/C23H20ClFN4O5/c1-14-19(22(24)29(28-14)17-7-5-16(25)6-8-17)11-12-21(31)34-13-20(30)26-27-23(32)15-3-9-18(33-2)10-4-15/h3-12H,13H2,1-2H3,(H,26,30)(H,27,32)/b12-11+. The zero-order chi connectivity index (χ0) is 24.7. The predicted molar refractivity (Wildman–Crippen MR) is 122 cm³/mol. The number of carbonyl (C=O) groups is 3. The second kappa shape index (κ2) is 11.1. The Kier molecular flexibility index (Phi) is 7.99. The van der Waals surface area contributed by atoms with Gasteiger partial charge in [0.25, 0.3) is 11.8 Å². The van der Waals surface area contributed by atoms with Gasteiger partial charge in [0.1, 0.15) is 16.7 Å². The van der Waals surface area contributed by atoms with Crippen LogP contribution in [0.5, 0.6) is 5.75 Å². The lowest BCUT2D eigenvalue weighted by Gasteiger charge is -2.08. The number of ether oxygens (including phenoxy) is 2.